The van der Waals surface area contributed by atoms with Crippen LogP contribution in [0.4, 0.5) is 0 Å². The van der Waals surface area contributed by atoms with Crippen molar-refractivity contribution in [1.29, 1.82) is 0 Å². The van der Waals surface area contributed by atoms with Gasteiger partial charge in [-0.05, 0) is 39.2 Å². The third kappa shape index (κ3) is 5.22. The largest absolute Gasteiger partial charge is 0.465 e. The van der Waals surface area contributed by atoms with Gasteiger partial charge in [-0.25, -0.2) is 0 Å². The van der Waals surface area contributed by atoms with E-state index in [1.165, 1.54) is 0 Å². The van der Waals surface area contributed by atoms with Gasteiger partial charge in [0, 0.05) is 0 Å². The molecule has 0 saturated carbocycles. The summed E-state index contributed by atoms with van der Waals surface area (Å²) in [6.45, 7) is 9.00. The average molecular weight is 201 g/mol. The predicted octanol–water partition coefficient (Wildman–Crippen LogP) is 1.95. The molecule has 0 aromatic rings. The van der Waals surface area contributed by atoms with E-state index in [0.717, 1.165) is 12.8 Å². The molecule has 0 amide bonds. The molecule has 0 saturated heterocycles. The maximum absolute atomic E-state index is 11.6. The van der Waals surface area contributed by atoms with Crippen molar-refractivity contribution in [3.63, 3.8) is 0 Å². The molecule has 0 aliphatic rings. The first-order chi connectivity index (χ1) is 6.40. The van der Waals surface area contributed by atoms with Crippen LogP contribution < -0.4 is 5.73 Å². The molecule has 0 fully saturated rings. The number of rotatable bonds is 6. The Morgan fingerprint density at radius 2 is 2.00 bits per heavy atom. The first kappa shape index (κ1) is 13.4. The molecule has 84 valence electrons. The minimum Gasteiger partial charge on any atom is -0.465 e. The van der Waals surface area contributed by atoms with E-state index < -0.39 is 5.41 Å². The second-order valence-electron chi connectivity index (χ2n) is 4.77. The molecule has 3 heteroatoms. The van der Waals surface area contributed by atoms with Crippen molar-refractivity contribution in [2.75, 3.05) is 13.2 Å². The predicted molar refractivity (Wildman–Crippen MR) is 57.9 cm³/mol. The van der Waals surface area contributed by atoms with Gasteiger partial charge >= 0.3 is 5.97 Å². The maximum atomic E-state index is 11.6. The zero-order chi connectivity index (χ0) is 11.2. The van der Waals surface area contributed by atoms with Crippen molar-refractivity contribution in [2.24, 2.45) is 17.1 Å². The third-order valence-electron chi connectivity index (χ3n) is 2.11. The summed E-state index contributed by atoms with van der Waals surface area (Å²) in [6.07, 6.45) is 1.66. The van der Waals surface area contributed by atoms with Crippen LogP contribution in [0.5, 0.6) is 0 Å². The van der Waals surface area contributed by atoms with Gasteiger partial charge in [0.2, 0.25) is 0 Å². The first-order valence-corrected chi connectivity index (χ1v) is 5.27. The maximum Gasteiger partial charge on any atom is 0.311 e. The van der Waals surface area contributed by atoms with E-state index in [1.807, 2.05) is 27.7 Å². The molecule has 0 aliphatic heterocycles. The van der Waals surface area contributed by atoms with Crippen LogP contribution in [0.3, 0.4) is 0 Å². The smallest absolute Gasteiger partial charge is 0.311 e. The summed E-state index contributed by atoms with van der Waals surface area (Å²) in [6, 6.07) is 0. The zero-order valence-corrected chi connectivity index (χ0v) is 9.80. The molecule has 0 aromatic heterocycles. The Morgan fingerprint density at radius 3 is 2.43 bits per heavy atom. The minimum atomic E-state index is -0.395. The lowest BCUT2D eigenvalue weighted by Crippen LogP contribution is -2.28. The number of ether oxygens (including phenoxy) is 1. The van der Waals surface area contributed by atoms with Gasteiger partial charge in [-0.3, -0.25) is 4.79 Å². The third-order valence-corrected chi connectivity index (χ3v) is 2.11. The Hall–Kier alpha value is -0.570. The summed E-state index contributed by atoms with van der Waals surface area (Å²) in [4.78, 5) is 11.6. The normalized spacial score (nSPS) is 11.9. The highest BCUT2D eigenvalue weighted by atomic mass is 16.5. The van der Waals surface area contributed by atoms with Crippen molar-refractivity contribution in [3.8, 4) is 0 Å². The van der Waals surface area contributed by atoms with E-state index in [0.29, 0.717) is 19.1 Å². The Kier molecular flexibility index (Phi) is 5.77. The van der Waals surface area contributed by atoms with E-state index in [4.69, 9.17) is 10.5 Å². The Balaban J connectivity index is 3.94. The molecule has 0 aliphatic carbocycles. The second kappa shape index (κ2) is 6.02. The SMILES string of the molecule is CC(C)COC(=O)C(C)(C)CCCN. The molecule has 2 N–H and O–H groups in total. The number of hydrogen-bond donors (Lipinski definition) is 1. The molecular weight excluding hydrogens is 178 g/mol. The highest BCUT2D eigenvalue weighted by Crippen LogP contribution is 2.23. The van der Waals surface area contributed by atoms with E-state index in [1.54, 1.807) is 0 Å². The fraction of sp³-hybridized carbons (Fsp3) is 0.909. The topological polar surface area (TPSA) is 52.3 Å². The van der Waals surface area contributed by atoms with Crippen LogP contribution in [0.25, 0.3) is 0 Å². The summed E-state index contributed by atoms with van der Waals surface area (Å²) in [7, 11) is 0. The van der Waals surface area contributed by atoms with Crippen LogP contribution in [0, 0.1) is 11.3 Å². The quantitative estimate of drug-likeness (QED) is 0.668. The minimum absolute atomic E-state index is 0.111. The molecule has 0 heterocycles. The number of carbonyl (C=O) groups excluding carboxylic acids is 1. The lowest BCUT2D eigenvalue weighted by atomic mass is 9.88. The van der Waals surface area contributed by atoms with Gasteiger partial charge in [0.25, 0.3) is 0 Å². The number of carbonyl (C=O) groups is 1. The standard InChI is InChI=1S/C11H23NO2/c1-9(2)8-14-10(13)11(3,4)6-5-7-12/h9H,5-8,12H2,1-4H3. The Labute approximate surface area is 87.0 Å². The molecule has 0 aromatic carbocycles. The molecule has 0 radical (unpaired) electrons. The molecule has 14 heavy (non-hydrogen) atoms. The van der Waals surface area contributed by atoms with Crippen molar-refractivity contribution in [2.45, 2.75) is 40.5 Å². The van der Waals surface area contributed by atoms with Crippen LogP contribution in [-0.2, 0) is 9.53 Å². The van der Waals surface area contributed by atoms with Crippen molar-refractivity contribution >= 4 is 5.97 Å². The van der Waals surface area contributed by atoms with Gasteiger partial charge in [-0.15, -0.1) is 0 Å². The van der Waals surface area contributed by atoms with Gasteiger partial charge in [0.05, 0.1) is 12.0 Å². The Morgan fingerprint density at radius 1 is 1.43 bits per heavy atom. The van der Waals surface area contributed by atoms with Crippen LogP contribution >= 0.6 is 0 Å². The summed E-state index contributed by atoms with van der Waals surface area (Å²) in [5.41, 5.74) is 5.01. The zero-order valence-electron chi connectivity index (χ0n) is 9.80. The molecule has 3 nitrogen and oxygen atoms in total. The number of nitrogens with two attached hydrogens (primary N) is 1. The molecule has 0 unspecified atom stereocenters. The highest BCUT2D eigenvalue weighted by molar-refractivity contribution is 5.75. The second-order valence-corrected chi connectivity index (χ2v) is 4.77. The molecule has 0 rings (SSSR count). The van der Waals surface area contributed by atoms with Gasteiger partial charge in [-0.2, -0.15) is 0 Å². The molecule has 0 spiro atoms. The molecular formula is C11H23NO2. The van der Waals surface area contributed by atoms with Crippen molar-refractivity contribution in [1.82, 2.24) is 0 Å². The lowest BCUT2D eigenvalue weighted by Gasteiger charge is -2.22. The van der Waals surface area contributed by atoms with Crippen LogP contribution in [0.15, 0.2) is 0 Å². The lowest BCUT2D eigenvalue weighted by molar-refractivity contribution is -0.155. The summed E-state index contributed by atoms with van der Waals surface area (Å²) in [5.74, 6) is 0.281. The van der Waals surface area contributed by atoms with Gasteiger partial charge in [-0.1, -0.05) is 13.8 Å². The van der Waals surface area contributed by atoms with Crippen LogP contribution in [0.2, 0.25) is 0 Å². The molecule has 0 atom stereocenters. The first-order valence-electron chi connectivity index (χ1n) is 5.27. The van der Waals surface area contributed by atoms with E-state index in [-0.39, 0.29) is 5.97 Å². The van der Waals surface area contributed by atoms with Gasteiger partial charge in [0.15, 0.2) is 0 Å². The number of esters is 1. The summed E-state index contributed by atoms with van der Waals surface area (Å²) >= 11 is 0. The highest BCUT2D eigenvalue weighted by Gasteiger charge is 2.28. The van der Waals surface area contributed by atoms with Crippen molar-refractivity contribution in [3.05, 3.63) is 0 Å². The summed E-state index contributed by atoms with van der Waals surface area (Å²) in [5, 5.41) is 0. The van der Waals surface area contributed by atoms with Crippen molar-refractivity contribution < 1.29 is 9.53 Å². The van der Waals surface area contributed by atoms with E-state index in [9.17, 15) is 4.79 Å². The number of hydrogen-bond acceptors (Lipinski definition) is 3. The molecule has 0 bridgehead atoms. The van der Waals surface area contributed by atoms with Gasteiger partial charge in [0.1, 0.15) is 0 Å². The average Bonchev–Trinajstić information content (AvgIpc) is 2.10. The van der Waals surface area contributed by atoms with Crippen LogP contribution in [0.1, 0.15) is 40.5 Å². The monoisotopic (exact) mass is 201 g/mol. The van der Waals surface area contributed by atoms with Gasteiger partial charge < -0.3 is 10.5 Å². The van der Waals surface area contributed by atoms with E-state index >= 15 is 0 Å². The summed E-state index contributed by atoms with van der Waals surface area (Å²) < 4.78 is 5.19. The fourth-order valence-corrected chi connectivity index (χ4v) is 1.08. The Bertz CT molecular complexity index is 176. The fourth-order valence-electron chi connectivity index (χ4n) is 1.08. The van der Waals surface area contributed by atoms with E-state index in [2.05, 4.69) is 0 Å². The van der Waals surface area contributed by atoms with Crippen LogP contribution in [-0.4, -0.2) is 19.1 Å².